The Bertz CT molecular complexity index is 3810. The predicted octanol–water partition coefficient (Wildman–Crippen LogP) is 9.62. The molecule has 0 bridgehead atoms. The van der Waals surface area contributed by atoms with E-state index in [1.54, 1.807) is 24.3 Å². The van der Waals surface area contributed by atoms with Crippen LogP contribution in [0, 0.1) is 0 Å². The first-order chi connectivity index (χ1) is 31.2. The van der Waals surface area contributed by atoms with E-state index in [0.29, 0.717) is 16.5 Å². The number of fused-ring (bicyclic) bond motifs is 3. The molecule has 335 valence electrons. The van der Waals surface area contributed by atoms with Crippen molar-refractivity contribution in [1.82, 2.24) is 0 Å². The first kappa shape index (κ1) is 54.9. The minimum Gasteiger partial charge on any atom is -0.505 e. The Morgan fingerprint density at radius 3 is 1.49 bits per heavy atom. The van der Waals surface area contributed by atoms with Crippen LogP contribution in [0.25, 0.3) is 32.3 Å². The molecular weight excluding hydrogens is 986 g/mol. The third-order valence-electron chi connectivity index (χ3n) is 9.82. The van der Waals surface area contributed by atoms with Crippen LogP contribution >= 0.6 is 0 Å². The SMILES string of the molecule is Nc1ccc2c(O)c(N=Nc3ccc(C(O)=Nc4ccc5c(O)c(N=Nc6ccc(N=Nc7cccc(S(=O)(=O)O)c7)c7ccccc67)c(S(=O)(=O)O)cc5c4)cc3)c(S(=O)(=O)O)cc2c1.[Na].[Na].[Na]. The quantitative estimate of drug-likeness (QED) is 0.0159. The molecule has 0 heterocycles. The smallest absolute Gasteiger partial charge is 0.296 e. The predicted molar refractivity (Wildman–Crippen MR) is 261 cm³/mol. The molecule has 0 saturated carbocycles. The van der Waals surface area contributed by atoms with Crippen LogP contribution in [-0.4, -0.2) is 149 Å². The van der Waals surface area contributed by atoms with Crippen molar-refractivity contribution in [3.63, 3.8) is 0 Å². The van der Waals surface area contributed by atoms with E-state index >= 15 is 0 Å². The molecule has 0 atom stereocenters. The number of aromatic hydroxyl groups is 2. The Morgan fingerprint density at radius 1 is 0.449 bits per heavy atom. The number of nitrogen functional groups attached to an aromatic ring is 1. The molecule has 69 heavy (non-hydrogen) atoms. The fourth-order valence-electron chi connectivity index (χ4n) is 6.70. The number of anilines is 1. The zero-order valence-corrected chi connectivity index (χ0v) is 44.7. The van der Waals surface area contributed by atoms with Crippen LogP contribution < -0.4 is 5.73 Å². The van der Waals surface area contributed by atoms with Crippen LogP contribution in [0.1, 0.15) is 5.56 Å². The Morgan fingerprint density at radius 2 is 0.942 bits per heavy atom. The summed E-state index contributed by atoms with van der Waals surface area (Å²) in [7, 11) is -14.4. The molecule has 20 nitrogen and oxygen atoms in total. The van der Waals surface area contributed by atoms with Gasteiger partial charge in [-0.25, -0.2) is 4.99 Å². The molecule has 0 amide bonds. The van der Waals surface area contributed by atoms with Gasteiger partial charge in [-0.2, -0.15) is 35.5 Å². The third kappa shape index (κ3) is 12.3. The summed E-state index contributed by atoms with van der Waals surface area (Å²) in [6.45, 7) is 0. The van der Waals surface area contributed by atoms with Crippen molar-refractivity contribution < 1.29 is 54.2 Å². The number of aliphatic hydroxyl groups is 1. The van der Waals surface area contributed by atoms with E-state index in [9.17, 15) is 54.2 Å². The molecule has 8 aromatic rings. The number of azo groups is 3. The number of hydrogen-bond donors (Lipinski definition) is 7. The summed E-state index contributed by atoms with van der Waals surface area (Å²) in [5, 5.41) is 59.1. The zero-order valence-electron chi connectivity index (χ0n) is 36.3. The van der Waals surface area contributed by atoms with Gasteiger partial charge in [-0.05, 0) is 114 Å². The minimum absolute atomic E-state index is 0. The molecular formula is C43H30N8Na3O12S3. The third-order valence-corrected chi connectivity index (χ3v) is 12.4. The fourth-order valence-corrected chi connectivity index (χ4v) is 8.54. The summed E-state index contributed by atoms with van der Waals surface area (Å²) < 4.78 is 102. The summed E-state index contributed by atoms with van der Waals surface area (Å²) in [6, 6.07) is 31.2. The molecule has 8 rings (SSSR count). The molecule has 0 aliphatic heterocycles. The molecule has 0 aliphatic rings. The second-order valence-electron chi connectivity index (χ2n) is 14.2. The van der Waals surface area contributed by atoms with Crippen molar-refractivity contribution >= 4 is 203 Å². The van der Waals surface area contributed by atoms with Crippen LogP contribution in [0.4, 0.5) is 45.5 Å². The van der Waals surface area contributed by atoms with E-state index in [-0.39, 0.29) is 149 Å². The first-order valence-electron chi connectivity index (χ1n) is 18.8. The minimum atomic E-state index is -5.03. The molecule has 0 spiro atoms. The van der Waals surface area contributed by atoms with E-state index in [2.05, 4.69) is 35.7 Å². The monoisotopic (exact) mass is 1020 g/mol. The summed E-state index contributed by atoms with van der Waals surface area (Å²) >= 11 is 0. The van der Waals surface area contributed by atoms with Gasteiger partial charge in [0.2, 0.25) is 5.90 Å². The largest absolute Gasteiger partial charge is 0.505 e. The number of aliphatic hydroxyl groups excluding tert-OH is 1. The average molecular weight is 1020 g/mol. The van der Waals surface area contributed by atoms with Crippen LogP contribution in [-0.2, 0) is 30.4 Å². The van der Waals surface area contributed by atoms with Crippen molar-refractivity contribution in [3.8, 4) is 11.5 Å². The van der Waals surface area contributed by atoms with Gasteiger partial charge in [0.15, 0.2) is 11.5 Å². The number of rotatable bonds is 11. The van der Waals surface area contributed by atoms with Gasteiger partial charge in [0.25, 0.3) is 30.4 Å². The van der Waals surface area contributed by atoms with Gasteiger partial charge in [0.05, 0.1) is 33.3 Å². The Hall–Kier alpha value is -5.06. The van der Waals surface area contributed by atoms with Crippen LogP contribution in [0.2, 0.25) is 0 Å². The number of nitrogens with zero attached hydrogens (tertiary/aromatic N) is 7. The van der Waals surface area contributed by atoms with Crippen molar-refractivity contribution in [3.05, 3.63) is 139 Å². The van der Waals surface area contributed by atoms with Crippen molar-refractivity contribution in [2.45, 2.75) is 14.7 Å². The number of nitrogens with two attached hydrogens (primary N) is 1. The standard InChI is InChI=1S/C43H30N8O12S3.3Na/c44-26-10-14-31-24(18-26)20-37(65(58,59)60)39(41(31)52)50-46-27-11-8-23(9-12-27)43(54)45-28-13-15-32-25(19-28)21-38(66(61,62)63)40(42(32)53)51-49-36-17-16-35(33-6-1-2-7-34(33)36)48-47-29-4-3-5-30(22-29)64(55,56)57;;;/h1-22,52-53H,44H2,(H,45,54)(H,55,56,57)(H,58,59,60)(H,61,62,63);;;. The second-order valence-corrected chi connectivity index (χ2v) is 18.4. The van der Waals surface area contributed by atoms with E-state index < -0.39 is 68.9 Å². The second kappa shape index (κ2) is 21.9. The van der Waals surface area contributed by atoms with Gasteiger partial charge in [-0.3, -0.25) is 13.7 Å². The number of hydrogen-bond acceptors (Lipinski definition) is 16. The van der Waals surface area contributed by atoms with Gasteiger partial charge >= 0.3 is 0 Å². The topological polar surface area (TPSA) is 336 Å². The van der Waals surface area contributed by atoms with Crippen LogP contribution in [0.5, 0.6) is 11.5 Å². The van der Waals surface area contributed by atoms with Gasteiger partial charge < -0.3 is 21.1 Å². The molecule has 0 unspecified atom stereocenters. The molecule has 0 saturated heterocycles. The summed E-state index contributed by atoms with van der Waals surface area (Å²) in [5.74, 6) is -1.72. The van der Waals surface area contributed by atoms with Gasteiger partial charge in [0.1, 0.15) is 21.2 Å². The maximum atomic E-state index is 12.7. The van der Waals surface area contributed by atoms with Gasteiger partial charge in [0, 0.05) is 121 Å². The van der Waals surface area contributed by atoms with Crippen molar-refractivity contribution in [2.24, 2.45) is 35.7 Å². The van der Waals surface area contributed by atoms with Crippen molar-refractivity contribution in [2.75, 3.05) is 5.73 Å². The van der Waals surface area contributed by atoms with E-state index in [1.165, 1.54) is 91.0 Å². The Balaban J connectivity index is 0.00000296. The number of phenols is 2. The summed E-state index contributed by atoms with van der Waals surface area (Å²) in [4.78, 5) is 2.32. The van der Waals surface area contributed by atoms with E-state index in [1.807, 2.05) is 0 Å². The van der Waals surface area contributed by atoms with Crippen molar-refractivity contribution in [1.29, 1.82) is 0 Å². The number of benzene rings is 8. The molecule has 26 heteroatoms. The Kier molecular flexibility index (Phi) is 17.4. The Labute approximate surface area is 458 Å². The molecule has 0 aliphatic carbocycles. The van der Waals surface area contributed by atoms with E-state index in [4.69, 9.17) is 5.73 Å². The van der Waals surface area contributed by atoms with Crippen LogP contribution in [0.3, 0.4) is 0 Å². The summed E-state index contributed by atoms with van der Waals surface area (Å²) in [6.07, 6.45) is 0. The molecule has 8 aromatic carbocycles. The first-order valence-corrected chi connectivity index (χ1v) is 23.1. The molecule has 8 N–H and O–H groups in total. The maximum Gasteiger partial charge on any atom is 0.296 e. The van der Waals surface area contributed by atoms with E-state index in [0.717, 1.165) is 18.2 Å². The molecule has 0 aromatic heterocycles. The fraction of sp³-hybridized carbons (Fsp3) is 0. The number of aliphatic imine (C=N–C) groups is 1. The molecule has 0 fully saturated rings. The number of phenolic OH excluding ortho intramolecular Hbond substituents is 2. The average Bonchev–Trinajstić information content (AvgIpc) is 3.27. The zero-order chi connectivity index (χ0) is 47.1. The van der Waals surface area contributed by atoms with Gasteiger partial charge in [-0.1, -0.05) is 30.3 Å². The van der Waals surface area contributed by atoms with Crippen LogP contribution in [0.15, 0.2) is 184 Å². The normalized spacial score (nSPS) is 12.4. The maximum absolute atomic E-state index is 12.7. The van der Waals surface area contributed by atoms with Gasteiger partial charge in [-0.15, -0.1) is 20.5 Å². The molecule has 3 radical (unpaired) electrons. The summed E-state index contributed by atoms with van der Waals surface area (Å²) in [5.41, 5.74) is 6.06.